The number of anilines is 1. The molecule has 1 fully saturated rings. The SMILES string of the molecule is CN(CCN1CCCC1=O)c1ccc(CO)cn1. The monoisotopic (exact) mass is 249 g/mol. The van der Waals surface area contributed by atoms with Gasteiger partial charge in [0, 0.05) is 39.3 Å². The minimum atomic E-state index is 0.0132. The van der Waals surface area contributed by atoms with Crippen molar-refractivity contribution in [2.75, 3.05) is 31.6 Å². The maximum atomic E-state index is 11.5. The zero-order valence-corrected chi connectivity index (χ0v) is 10.7. The Morgan fingerprint density at radius 3 is 2.89 bits per heavy atom. The summed E-state index contributed by atoms with van der Waals surface area (Å²) in [4.78, 5) is 19.7. The fourth-order valence-electron chi connectivity index (χ4n) is 2.06. The van der Waals surface area contributed by atoms with Crippen LogP contribution in [0.1, 0.15) is 18.4 Å². The summed E-state index contributed by atoms with van der Waals surface area (Å²) >= 11 is 0. The van der Waals surface area contributed by atoms with Crippen LogP contribution in [-0.2, 0) is 11.4 Å². The minimum Gasteiger partial charge on any atom is -0.392 e. The first-order chi connectivity index (χ1) is 8.70. The summed E-state index contributed by atoms with van der Waals surface area (Å²) in [5.74, 6) is 1.12. The van der Waals surface area contributed by atoms with E-state index in [1.807, 2.05) is 29.0 Å². The number of rotatable bonds is 5. The number of aliphatic hydroxyl groups is 1. The molecule has 2 heterocycles. The van der Waals surface area contributed by atoms with E-state index >= 15 is 0 Å². The molecule has 0 spiro atoms. The predicted octanol–water partition coefficient (Wildman–Crippen LogP) is 0.632. The predicted molar refractivity (Wildman–Crippen MR) is 69.2 cm³/mol. The van der Waals surface area contributed by atoms with Crippen LogP contribution in [0.25, 0.3) is 0 Å². The van der Waals surface area contributed by atoms with Gasteiger partial charge in [-0.3, -0.25) is 4.79 Å². The van der Waals surface area contributed by atoms with Gasteiger partial charge in [-0.2, -0.15) is 0 Å². The lowest BCUT2D eigenvalue weighted by molar-refractivity contribution is -0.127. The minimum absolute atomic E-state index is 0.0132. The number of carbonyl (C=O) groups is 1. The van der Waals surface area contributed by atoms with E-state index in [2.05, 4.69) is 4.98 Å². The van der Waals surface area contributed by atoms with Crippen molar-refractivity contribution in [3.05, 3.63) is 23.9 Å². The van der Waals surface area contributed by atoms with Crippen molar-refractivity contribution in [3.63, 3.8) is 0 Å². The van der Waals surface area contributed by atoms with Crippen LogP contribution < -0.4 is 4.90 Å². The fourth-order valence-corrected chi connectivity index (χ4v) is 2.06. The van der Waals surface area contributed by atoms with Crippen molar-refractivity contribution in [2.24, 2.45) is 0 Å². The molecule has 0 unspecified atom stereocenters. The van der Waals surface area contributed by atoms with Crippen LogP contribution in [0.4, 0.5) is 5.82 Å². The van der Waals surface area contributed by atoms with Crippen LogP contribution in [0.15, 0.2) is 18.3 Å². The van der Waals surface area contributed by atoms with E-state index in [0.29, 0.717) is 6.42 Å². The molecule has 1 aliphatic rings. The van der Waals surface area contributed by atoms with E-state index < -0.39 is 0 Å². The highest BCUT2D eigenvalue weighted by molar-refractivity contribution is 5.78. The molecule has 5 heteroatoms. The molecule has 0 aliphatic carbocycles. The largest absolute Gasteiger partial charge is 0.392 e. The highest BCUT2D eigenvalue weighted by Crippen LogP contribution is 2.12. The Hall–Kier alpha value is -1.62. The third-order valence-corrected chi connectivity index (χ3v) is 3.26. The van der Waals surface area contributed by atoms with Crippen LogP contribution in [-0.4, -0.2) is 47.6 Å². The highest BCUT2D eigenvalue weighted by atomic mass is 16.3. The molecule has 0 bridgehead atoms. The number of amides is 1. The van der Waals surface area contributed by atoms with Crippen molar-refractivity contribution in [1.29, 1.82) is 0 Å². The summed E-state index contributed by atoms with van der Waals surface area (Å²) in [5.41, 5.74) is 0.807. The molecule has 5 nitrogen and oxygen atoms in total. The van der Waals surface area contributed by atoms with Gasteiger partial charge in [-0.25, -0.2) is 4.98 Å². The number of pyridine rings is 1. The lowest BCUT2D eigenvalue weighted by Gasteiger charge is -2.22. The standard InChI is InChI=1S/C13H19N3O2/c1-15(7-8-16-6-2-3-13(16)18)12-5-4-11(10-17)9-14-12/h4-5,9,17H,2-3,6-8,10H2,1H3. The maximum Gasteiger partial charge on any atom is 0.222 e. The quantitative estimate of drug-likeness (QED) is 0.831. The first kappa shape index (κ1) is 12.8. The van der Waals surface area contributed by atoms with Crippen LogP contribution in [0.5, 0.6) is 0 Å². The average molecular weight is 249 g/mol. The molecule has 1 N–H and O–H groups in total. The van der Waals surface area contributed by atoms with Crippen molar-refractivity contribution in [3.8, 4) is 0 Å². The summed E-state index contributed by atoms with van der Waals surface area (Å²) in [7, 11) is 1.96. The summed E-state index contributed by atoms with van der Waals surface area (Å²) in [6.45, 7) is 2.42. The Bertz CT molecular complexity index is 405. The van der Waals surface area contributed by atoms with Gasteiger partial charge in [0.15, 0.2) is 0 Å². The van der Waals surface area contributed by atoms with Gasteiger partial charge in [0.05, 0.1) is 6.61 Å². The van der Waals surface area contributed by atoms with Crippen molar-refractivity contribution < 1.29 is 9.90 Å². The number of hydrogen-bond donors (Lipinski definition) is 1. The molecule has 2 rings (SSSR count). The number of carbonyl (C=O) groups excluding carboxylic acids is 1. The molecule has 0 saturated carbocycles. The summed E-state index contributed by atoms with van der Waals surface area (Å²) in [6.07, 6.45) is 3.34. The Morgan fingerprint density at radius 1 is 1.50 bits per heavy atom. The third-order valence-electron chi connectivity index (χ3n) is 3.26. The smallest absolute Gasteiger partial charge is 0.222 e. The first-order valence-corrected chi connectivity index (χ1v) is 6.25. The molecule has 1 aliphatic heterocycles. The van der Waals surface area contributed by atoms with E-state index in [1.54, 1.807) is 6.20 Å². The zero-order chi connectivity index (χ0) is 13.0. The lowest BCUT2D eigenvalue weighted by atomic mass is 10.3. The molecular weight excluding hydrogens is 230 g/mol. The molecule has 0 aromatic carbocycles. The normalized spacial score (nSPS) is 15.2. The molecule has 1 saturated heterocycles. The van der Waals surface area contributed by atoms with Gasteiger partial charge in [0.1, 0.15) is 5.82 Å². The van der Waals surface area contributed by atoms with Gasteiger partial charge < -0.3 is 14.9 Å². The zero-order valence-electron chi connectivity index (χ0n) is 10.7. The topological polar surface area (TPSA) is 56.7 Å². The molecular formula is C13H19N3O2. The summed E-state index contributed by atoms with van der Waals surface area (Å²) in [6, 6.07) is 3.75. The second-order valence-corrected chi connectivity index (χ2v) is 4.59. The average Bonchev–Trinajstić information content (AvgIpc) is 2.81. The lowest BCUT2D eigenvalue weighted by Crippen LogP contribution is -2.34. The number of likely N-dealkylation sites (N-methyl/N-ethyl adjacent to an activating group) is 1. The van der Waals surface area contributed by atoms with Gasteiger partial charge in [0.2, 0.25) is 5.91 Å². The van der Waals surface area contributed by atoms with E-state index in [4.69, 9.17) is 5.11 Å². The Balaban J connectivity index is 1.86. The molecule has 98 valence electrons. The van der Waals surface area contributed by atoms with Gasteiger partial charge in [-0.05, 0) is 18.1 Å². The maximum absolute atomic E-state index is 11.5. The van der Waals surface area contributed by atoms with Gasteiger partial charge in [-0.15, -0.1) is 0 Å². The number of nitrogens with zero attached hydrogens (tertiary/aromatic N) is 3. The van der Waals surface area contributed by atoms with Crippen molar-refractivity contribution >= 4 is 11.7 Å². The first-order valence-electron chi connectivity index (χ1n) is 6.25. The molecule has 1 aromatic heterocycles. The highest BCUT2D eigenvalue weighted by Gasteiger charge is 2.19. The Kier molecular flexibility index (Phi) is 4.15. The second kappa shape index (κ2) is 5.82. The number of hydrogen-bond acceptors (Lipinski definition) is 4. The number of likely N-dealkylation sites (tertiary alicyclic amines) is 1. The summed E-state index contributed by atoms with van der Waals surface area (Å²) < 4.78 is 0. The summed E-state index contributed by atoms with van der Waals surface area (Å²) in [5, 5.41) is 8.95. The van der Waals surface area contributed by atoms with E-state index in [9.17, 15) is 4.79 Å². The van der Waals surface area contributed by atoms with Crippen LogP contribution >= 0.6 is 0 Å². The molecule has 18 heavy (non-hydrogen) atoms. The van der Waals surface area contributed by atoms with Crippen LogP contribution in [0.2, 0.25) is 0 Å². The van der Waals surface area contributed by atoms with E-state index in [0.717, 1.165) is 37.4 Å². The van der Waals surface area contributed by atoms with Gasteiger partial charge in [0.25, 0.3) is 0 Å². The Morgan fingerprint density at radius 2 is 2.33 bits per heavy atom. The van der Waals surface area contributed by atoms with Gasteiger partial charge >= 0.3 is 0 Å². The molecule has 0 radical (unpaired) electrons. The van der Waals surface area contributed by atoms with Crippen molar-refractivity contribution in [1.82, 2.24) is 9.88 Å². The third kappa shape index (κ3) is 2.98. The van der Waals surface area contributed by atoms with E-state index in [1.165, 1.54) is 0 Å². The molecule has 1 amide bonds. The molecule has 0 atom stereocenters. The van der Waals surface area contributed by atoms with Crippen LogP contribution in [0, 0.1) is 0 Å². The van der Waals surface area contributed by atoms with Crippen LogP contribution in [0.3, 0.4) is 0 Å². The van der Waals surface area contributed by atoms with Gasteiger partial charge in [-0.1, -0.05) is 6.07 Å². The number of aromatic nitrogens is 1. The Labute approximate surface area is 107 Å². The fraction of sp³-hybridized carbons (Fsp3) is 0.538. The second-order valence-electron chi connectivity index (χ2n) is 4.59. The molecule has 1 aromatic rings. The number of aliphatic hydroxyl groups excluding tert-OH is 1. The van der Waals surface area contributed by atoms with Crippen molar-refractivity contribution in [2.45, 2.75) is 19.4 Å². The van der Waals surface area contributed by atoms with E-state index in [-0.39, 0.29) is 12.5 Å².